The van der Waals surface area contributed by atoms with E-state index in [0.717, 1.165) is 12.8 Å². The van der Waals surface area contributed by atoms with Crippen LogP contribution in [-0.4, -0.2) is 23.8 Å². The van der Waals surface area contributed by atoms with Crippen LogP contribution >= 0.6 is 0 Å². The molecule has 1 aliphatic rings. The molecule has 1 unspecified atom stereocenters. The molecular weight excluding hydrogens is 216 g/mol. The number of aliphatic hydroxyl groups excluding tert-OH is 1. The molecule has 3 N–H and O–H groups in total. The quantitative estimate of drug-likeness (QED) is 0.739. The van der Waals surface area contributed by atoms with E-state index in [4.69, 9.17) is 5.11 Å². The number of benzene rings is 1. The molecule has 2 rings (SSSR count). The van der Waals surface area contributed by atoms with Gasteiger partial charge in [-0.1, -0.05) is 24.3 Å². The fourth-order valence-corrected chi connectivity index (χ4v) is 2.18. The Kier molecular flexibility index (Phi) is 3.64. The van der Waals surface area contributed by atoms with E-state index in [2.05, 4.69) is 22.8 Å². The Bertz CT molecular complexity index is 406. The minimum atomic E-state index is -0.216. The van der Waals surface area contributed by atoms with Crippen molar-refractivity contribution in [3.8, 4) is 0 Å². The highest BCUT2D eigenvalue weighted by Gasteiger charge is 2.23. The van der Waals surface area contributed by atoms with Gasteiger partial charge in [0.05, 0.1) is 18.7 Å². The zero-order valence-corrected chi connectivity index (χ0v) is 9.94. The molecule has 4 heteroatoms. The summed E-state index contributed by atoms with van der Waals surface area (Å²) >= 11 is 0. The second-order valence-corrected chi connectivity index (χ2v) is 4.49. The fraction of sp³-hybridized carbons (Fsp3) is 0.462. The second kappa shape index (κ2) is 5.19. The maximum Gasteiger partial charge on any atom is 0.315 e. The average Bonchev–Trinajstić information content (AvgIpc) is 2.72. The Balaban J connectivity index is 1.95. The van der Waals surface area contributed by atoms with E-state index in [1.165, 1.54) is 11.1 Å². The van der Waals surface area contributed by atoms with Gasteiger partial charge >= 0.3 is 6.03 Å². The largest absolute Gasteiger partial charge is 0.394 e. The molecule has 0 aromatic heterocycles. The summed E-state index contributed by atoms with van der Waals surface area (Å²) in [4.78, 5) is 11.6. The summed E-state index contributed by atoms with van der Waals surface area (Å²) in [5, 5.41) is 14.5. The molecule has 17 heavy (non-hydrogen) atoms. The number of carbonyl (C=O) groups is 1. The molecule has 0 saturated carbocycles. The molecule has 92 valence electrons. The van der Waals surface area contributed by atoms with E-state index in [9.17, 15) is 4.79 Å². The SMILES string of the molecule is C[C@@H](CO)NC(=O)NC1CCc2ccccc21. The van der Waals surface area contributed by atoms with Gasteiger partial charge in [-0.05, 0) is 30.9 Å². The standard InChI is InChI=1S/C13H18N2O2/c1-9(8-16)14-13(17)15-12-7-6-10-4-2-3-5-11(10)12/h2-5,9,12,16H,6-8H2,1H3,(H2,14,15,17)/t9-,12?/m0/s1. The molecule has 0 spiro atoms. The van der Waals surface area contributed by atoms with Crippen LogP contribution in [0.4, 0.5) is 4.79 Å². The van der Waals surface area contributed by atoms with Gasteiger partial charge in [0.1, 0.15) is 0 Å². The Labute approximate surface area is 101 Å². The van der Waals surface area contributed by atoms with Crippen molar-refractivity contribution in [1.29, 1.82) is 0 Å². The predicted octanol–water partition coefficient (Wildman–Crippen LogP) is 1.35. The summed E-state index contributed by atoms with van der Waals surface area (Å²) in [6, 6.07) is 7.84. The van der Waals surface area contributed by atoms with E-state index in [0.29, 0.717) is 0 Å². The minimum Gasteiger partial charge on any atom is -0.394 e. The Morgan fingerprint density at radius 3 is 3.06 bits per heavy atom. The lowest BCUT2D eigenvalue weighted by atomic mass is 10.1. The van der Waals surface area contributed by atoms with Gasteiger partial charge in [-0.2, -0.15) is 0 Å². The first kappa shape index (κ1) is 11.9. The normalized spacial score (nSPS) is 19.5. The number of hydrogen-bond donors (Lipinski definition) is 3. The number of rotatable bonds is 3. The van der Waals surface area contributed by atoms with Crippen LogP contribution in [0, 0.1) is 0 Å². The topological polar surface area (TPSA) is 61.4 Å². The van der Waals surface area contributed by atoms with Gasteiger partial charge in [0, 0.05) is 0 Å². The summed E-state index contributed by atoms with van der Waals surface area (Å²) in [5.74, 6) is 0. The minimum absolute atomic E-state index is 0.0470. The summed E-state index contributed by atoms with van der Waals surface area (Å²) in [6.07, 6.45) is 1.96. The monoisotopic (exact) mass is 234 g/mol. The lowest BCUT2D eigenvalue weighted by molar-refractivity contribution is 0.217. The first-order chi connectivity index (χ1) is 8.20. The third-order valence-corrected chi connectivity index (χ3v) is 3.09. The molecule has 0 fully saturated rings. The smallest absolute Gasteiger partial charge is 0.315 e. The van der Waals surface area contributed by atoms with E-state index >= 15 is 0 Å². The van der Waals surface area contributed by atoms with Gasteiger partial charge in [0.2, 0.25) is 0 Å². The van der Waals surface area contributed by atoms with Gasteiger partial charge in [0.15, 0.2) is 0 Å². The molecule has 0 bridgehead atoms. The molecule has 0 aliphatic heterocycles. The Morgan fingerprint density at radius 2 is 2.29 bits per heavy atom. The Hall–Kier alpha value is -1.55. The molecule has 1 aliphatic carbocycles. The molecule has 1 aromatic carbocycles. The van der Waals surface area contributed by atoms with Crippen LogP contribution in [0.1, 0.15) is 30.5 Å². The van der Waals surface area contributed by atoms with Crippen LogP contribution in [0.5, 0.6) is 0 Å². The zero-order chi connectivity index (χ0) is 12.3. The van der Waals surface area contributed by atoms with E-state index in [-0.39, 0.29) is 24.7 Å². The average molecular weight is 234 g/mol. The van der Waals surface area contributed by atoms with Crippen molar-refractivity contribution in [3.63, 3.8) is 0 Å². The van der Waals surface area contributed by atoms with Gasteiger partial charge in [-0.15, -0.1) is 0 Å². The summed E-state index contributed by atoms with van der Waals surface area (Å²) in [5.41, 5.74) is 2.52. The summed E-state index contributed by atoms with van der Waals surface area (Å²) < 4.78 is 0. The van der Waals surface area contributed by atoms with Crippen LogP contribution in [0.15, 0.2) is 24.3 Å². The van der Waals surface area contributed by atoms with Crippen molar-refractivity contribution < 1.29 is 9.90 Å². The van der Waals surface area contributed by atoms with E-state index < -0.39 is 0 Å². The maximum atomic E-state index is 11.6. The highest BCUT2D eigenvalue weighted by atomic mass is 16.3. The molecule has 2 amide bonds. The molecule has 1 aromatic rings. The number of hydrogen-bond acceptors (Lipinski definition) is 2. The van der Waals surface area contributed by atoms with E-state index in [1.807, 2.05) is 12.1 Å². The first-order valence-corrected chi connectivity index (χ1v) is 5.96. The molecule has 4 nitrogen and oxygen atoms in total. The van der Waals surface area contributed by atoms with Crippen molar-refractivity contribution in [3.05, 3.63) is 35.4 Å². The molecular formula is C13H18N2O2. The lowest BCUT2D eigenvalue weighted by Gasteiger charge is -2.17. The maximum absolute atomic E-state index is 11.6. The van der Waals surface area contributed by atoms with Crippen LogP contribution in [0.3, 0.4) is 0 Å². The van der Waals surface area contributed by atoms with Crippen LogP contribution in [0.25, 0.3) is 0 Å². The number of aryl methyl sites for hydroxylation is 1. The zero-order valence-electron chi connectivity index (χ0n) is 9.94. The number of carbonyl (C=O) groups excluding carboxylic acids is 1. The molecule has 2 atom stereocenters. The van der Waals surface area contributed by atoms with Crippen molar-refractivity contribution in [2.45, 2.75) is 31.8 Å². The summed E-state index contributed by atoms with van der Waals surface area (Å²) in [6.45, 7) is 1.72. The number of amides is 2. The van der Waals surface area contributed by atoms with Crippen LogP contribution in [0.2, 0.25) is 0 Å². The van der Waals surface area contributed by atoms with Crippen LogP contribution in [-0.2, 0) is 6.42 Å². The van der Waals surface area contributed by atoms with Crippen molar-refractivity contribution in [2.24, 2.45) is 0 Å². The lowest BCUT2D eigenvalue weighted by Crippen LogP contribution is -2.43. The highest BCUT2D eigenvalue weighted by molar-refractivity contribution is 5.75. The van der Waals surface area contributed by atoms with Crippen LogP contribution < -0.4 is 10.6 Å². The van der Waals surface area contributed by atoms with E-state index in [1.54, 1.807) is 6.92 Å². The molecule has 0 radical (unpaired) electrons. The van der Waals surface area contributed by atoms with Gasteiger partial charge in [-0.25, -0.2) is 4.79 Å². The number of nitrogens with one attached hydrogen (secondary N) is 2. The van der Waals surface area contributed by atoms with Gasteiger partial charge in [0.25, 0.3) is 0 Å². The van der Waals surface area contributed by atoms with Gasteiger partial charge in [-0.3, -0.25) is 0 Å². The fourth-order valence-electron chi connectivity index (χ4n) is 2.18. The highest BCUT2D eigenvalue weighted by Crippen LogP contribution is 2.30. The second-order valence-electron chi connectivity index (χ2n) is 4.49. The number of urea groups is 1. The van der Waals surface area contributed by atoms with Gasteiger partial charge < -0.3 is 15.7 Å². The molecule has 0 saturated heterocycles. The third kappa shape index (κ3) is 2.77. The number of aliphatic hydroxyl groups is 1. The molecule has 0 heterocycles. The first-order valence-electron chi connectivity index (χ1n) is 5.96. The Morgan fingerprint density at radius 1 is 1.53 bits per heavy atom. The van der Waals surface area contributed by atoms with Crippen molar-refractivity contribution >= 4 is 6.03 Å². The number of fused-ring (bicyclic) bond motifs is 1. The predicted molar refractivity (Wildman–Crippen MR) is 65.7 cm³/mol. The van der Waals surface area contributed by atoms with Crippen molar-refractivity contribution in [1.82, 2.24) is 10.6 Å². The third-order valence-electron chi connectivity index (χ3n) is 3.09. The summed E-state index contributed by atoms with van der Waals surface area (Å²) in [7, 11) is 0. The van der Waals surface area contributed by atoms with Crippen molar-refractivity contribution in [2.75, 3.05) is 6.61 Å².